The number of carbonyl (C=O) groups excluding carboxylic acids is 4. The molecule has 2 amide bonds. The highest BCUT2D eigenvalue weighted by Gasteiger charge is 2.44. The number of Topliss-reactive ketones (excluding diaryl/α,β-unsaturated/α-hetero) is 2. The minimum atomic E-state index is -1.51. The number of amides is 2. The van der Waals surface area contributed by atoms with Gasteiger partial charge in [0.05, 0.1) is 0 Å². The van der Waals surface area contributed by atoms with Gasteiger partial charge in [-0.2, -0.15) is 0 Å². The van der Waals surface area contributed by atoms with Crippen LogP contribution in [0, 0.1) is 12.8 Å². The van der Waals surface area contributed by atoms with Gasteiger partial charge in [-0.3, -0.25) is 24.1 Å². The van der Waals surface area contributed by atoms with Crippen LogP contribution in [0.25, 0.3) is 0 Å². The van der Waals surface area contributed by atoms with Gasteiger partial charge in [0, 0.05) is 18.5 Å². The molecule has 1 fully saturated rings. The van der Waals surface area contributed by atoms with Gasteiger partial charge in [-0.25, -0.2) is 0 Å². The zero-order valence-corrected chi connectivity index (χ0v) is 13.2. The summed E-state index contributed by atoms with van der Waals surface area (Å²) in [6, 6.07) is 6.65. The van der Waals surface area contributed by atoms with Gasteiger partial charge in [0.2, 0.25) is 5.91 Å². The molecule has 1 saturated heterocycles. The lowest BCUT2D eigenvalue weighted by atomic mass is 9.86. The lowest BCUT2D eigenvalue weighted by molar-refractivity contribution is -0.150. The monoisotopic (exact) mass is 341 g/mol. The maximum absolute atomic E-state index is 12.5. The Bertz CT molecular complexity index is 657. The van der Waals surface area contributed by atoms with E-state index in [0.717, 1.165) is 4.90 Å². The number of rotatable bonds is 3. The van der Waals surface area contributed by atoms with Gasteiger partial charge in [0.15, 0.2) is 22.3 Å². The molecule has 116 valence electrons. The highest BCUT2D eigenvalue weighted by atomic mass is 35.5. The van der Waals surface area contributed by atoms with E-state index in [2.05, 4.69) is 0 Å². The van der Waals surface area contributed by atoms with Crippen LogP contribution in [0.15, 0.2) is 24.3 Å². The Morgan fingerprint density at radius 3 is 2.45 bits per heavy atom. The third-order valence-corrected chi connectivity index (χ3v) is 3.92. The maximum atomic E-state index is 12.5. The van der Waals surface area contributed by atoms with Crippen molar-refractivity contribution >= 4 is 46.6 Å². The van der Waals surface area contributed by atoms with Gasteiger partial charge >= 0.3 is 0 Å². The van der Waals surface area contributed by atoms with Crippen LogP contribution in [-0.2, 0) is 14.4 Å². The molecule has 0 bridgehead atoms. The largest absolute Gasteiger partial charge is 0.298 e. The molecule has 0 spiro atoms. The van der Waals surface area contributed by atoms with Gasteiger partial charge in [-0.15, -0.1) is 0 Å². The third kappa shape index (κ3) is 3.05. The summed E-state index contributed by atoms with van der Waals surface area (Å²) in [5.41, 5.74) is 0.945. The van der Waals surface area contributed by atoms with Crippen LogP contribution in [-0.4, -0.2) is 39.7 Å². The molecule has 0 aromatic heterocycles. The number of hydrogen-bond donors (Lipinski definition) is 0. The van der Waals surface area contributed by atoms with Gasteiger partial charge in [0.1, 0.15) is 0 Å². The molecule has 22 heavy (non-hydrogen) atoms. The van der Waals surface area contributed by atoms with Crippen molar-refractivity contribution < 1.29 is 19.2 Å². The third-order valence-electron chi connectivity index (χ3n) is 3.54. The van der Waals surface area contributed by atoms with E-state index in [9.17, 15) is 19.2 Å². The number of aryl methyl sites for hydroxylation is 1. The predicted octanol–water partition coefficient (Wildman–Crippen LogP) is 1.93. The molecule has 0 N–H and O–H groups in total. The number of carbonyl (C=O) groups is 4. The first-order chi connectivity index (χ1) is 10.3. The lowest BCUT2D eigenvalue weighted by Gasteiger charge is -2.29. The van der Waals surface area contributed by atoms with Crippen molar-refractivity contribution in [3.05, 3.63) is 35.4 Å². The van der Waals surface area contributed by atoms with Crippen LogP contribution in [0.3, 0.4) is 0 Å². The van der Waals surface area contributed by atoms with Crippen LogP contribution in [0.5, 0.6) is 0 Å². The Labute approximate surface area is 137 Å². The molecule has 0 saturated carbocycles. The zero-order chi connectivity index (χ0) is 16.4. The summed E-state index contributed by atoms with van der Waals surface area (Å²) >= 11 is 11.0. The number of halogens is 2. The standard InChI is InChI=1S/C15H13Cl2NO4/c1-8-4-2-3-5-9(8)12(20)11-10(19)6-7-18(14(11)21)15(22)13(16)17/h2-5,11,13H,6-7H2,1H3. The average molecular weight is 342 g/mol. The second-order valence-corrected chi connectivity index (χ2v) is 6.05. The molecular weight excluding hydrogens is 329 g/mol. The lowest BCUT2D eigenvalue weighted by Crippen LogP contribution is -2.52. The molecule has 1 aliphatic rings. The Morgan fingerprint density at radius 2 is 1.86 bits per heavy atom. The van der Waals surface area contributed by atoms with Crippen LogP contribution in [0.2, 0.25) is 0 Å². The summed E-state index contributed by atoms with van der Waals surface area (Å²) in [4.78, 5) is 48.1. The minimum absolute atomic E-state index is 0.0831. The summed E-state index contributed by atoms with van der Waals surface area (Å²) in [6.07, 6.45) is -0.0831. The molecule has 1 atom stereocenters. The number of piperidine rings is 1. The van der Waals surface area contributed by atoms with Gasteiger partial charge in [-0.1, -0.05) is 47.5 Å². The Morgan fingerprint density at radius 1 is 1.23 bits per heavy atom. The highest BCUT2D eigenvalue weighted by Crippen LogP contribution is 2.23. The quantitative estimate of drug-likeness (QED) is 0.478. The van der Waals surface area contributed by atoms with Gasteiger partial charge in [0.25, 0.3) is 5.91 Å². The van der Waals surface area contributed by atoms with Crippen LogP contribution < -0.4 is 0 Å². The van der Waals surface area contributed by atoms with Gasteiger partial charge < -0.3 is 0 Å². The highest BCUT2D eigenvalue weighted by molar-refractivity contribution is 6.54. The van der Waals surface area contributed by atoms with Crippen molar-refractivity contribution in [2.24, 2.45) is 5.92 Å². The Hall–Kier alpha value is -1.72. The summed E-state index contributed by atoms with van der Waals surface area (Å²) < 4.78 is 0. The number of likely N-dealkylation sites (tertiary alicyclic amines) is 1. The number of alkyl halides is 2. The number of nitrogens with zero attached hydrogens (tertiary/aromatic N) is 1. The first-order valence-corrected chi connectivity index (χ1v) is 7.47. The van der Waals surface area contributed by atoms with Crippen LogP contribution >= 0.6 is 23.2 Å². The minimum Gasteiger partial charge on any atom is -0.298 e. The zero-order valence-electron chi connectivity index (χ0n) is 11.7. The van der Waals surface area contributed by atoms with E-state index < -0.39 is 34.1 Å². The Balaban J connectivity index is 2.34. The summed E-state index contributed by atoms with van der Waals surface area (Å²) in [6.45, 7) is 1.60. The van der Waals surface area contributed by atoms with E-state index in [0.29, 0.717) is 5.56 Å². The first-order valence-electron chi connectivity index (χ1n) is 6.60. The number of imide groups is 1. The molecule has 0 aliphatic carbocycles. The van der Waals surface area contributed by atoms with E-state index in [1.54, 1.807) is 31.2 Å². The first kappa shape index (κ1) is 16.6. The molecule has 1 aromatic carbocycles. The molecule has 1 aliphatic heterocycles. The van der Waals surface area contributed by atoms with Crippen molar-refractivity contribution in [3.8, 4) is 0 Å². The Kier molecular flexibility index (Phi) is 4.98. The number of hydrogen-bond acceptors (Lipinski definition) is 4. The number of benzene rings is 1. The molecule has 5 nitrogen and oxygen atoms in total. The molecule has 7 heteroatoms. The molecular formula is C15H13Cl2NO4. The topological polar surface area (TPSA) is 71.5 Å². The van der Waals surface area contributed by atoms with Crippen molar-refractivity contribution in [3.63, 3.8) is 0 Å². The molecule has 1 unspecified atom stereocenters. The van der Waals surface area contributed by atoms with Crippen molar-refractivity contribution in [1.82, 2.24) is 4.90 Å². The average Bonchev–Trinajstić information content (AvgIpc) is 2.47. The molecule has 0 radical (unpaired) electrons. The van der Waals surface area contributed by atoms with Crippen LogP contribution in [0.4, 0.5) is 0 Å². The fraction of sp³-hybridized carbons (Fsp3) is 0.333. The second kappa shape index (κ2) is 6.58. The molecule has 2 rings (SSSR count). The van der Waals surface area contributed by atoms with Gasteiger partial charge in [-0.05, 0) is 12.5 Å². The van der Waals surface area contributed by atoms with E-state index >= 15 is 0 Å². The number of ketones is 2. The SMILES string of the molecule is Cc1ccccc1C(=O)C1C(=O)CCN(C(=O)C(Cl)Cl)C1=O. The van der Waals surface area contributed by atoms with E-state index in [4.69, 9.17) is 23.2 Å². The summed E-state index contributed by atoms with van der Waals surface area (Å²) in [5.74, 6) is -4.29. The van der Waals surface area contributed by atoms with Crippen molar-refractivity contribution in [2.45, 2.75) is 18.2 Å². The molecule has 1 heterocycles. The van der Waals surface area contributed by atoms with Crippen molar-refractivity contribution in [2.75, 3.05) is 6.54 Å². The van der Waals surface area contributed by atoms with E-state index in [-0.39, 0.29) is 18.5 Å². The van der Waals surface area contributed by atoms with Crippen molar-refractivity contribution in [1.29, 1.82) is 0 Å². The van der Waals surface area contributed by atoms with E-state index in [1.165, 1.54) is 0 Å². The molecule has 1 aromatic rings. The maximum Gasteiger partial charge on any atom is 0.262 e. The second-order valence-electron chi connectivity index (χ2n) is 4.96. The fourth-order valence-corrected chi connectivity index (χ4v) is 2.61. The summed E-state index contributed by atoms with van der Waals surface area (Å²) in [5, 5.41) is 0. The normalized spacial score (nSPS) is 18.7. The van der Waals surface area contributed by atoms with Crippen LogP contribution in [0.1, 0.15) is 22.3 Å². The fourth-order valence-electron chi connectivity index (χ4n) is 2.37. The smallest absolute Gasteiger partial charge is 0.262 e. The van der Waals surface area contributed by atoms with E-state index in [1.807, 2.05) is 0 Å². The summed E-state index contributed by atoms with van der Waals surface area (Å²) in [7, 11) is 0. The predicted molar refractivity (Wildman–Crippen MR) is 80.8 cm³/mol.